The molecule has 4 rings (SSSR count). The third kappa shape index (κ3) is 6.02. The molecule has 3 aromatic carbocycles. The molecule has 0 bridgehead atoms. The normalized spacial score (nSPS) is 11.8. The van der Waals surface area contributed by atoms with Crippen molar-refractivity contribution in [1.82, 2.24) is 5.32 Å². The number of rotatable bonds is 6. The average molecular weight is 465 g/mol. The van der Waals surface area contributed by atoms with Gasteiger partial charge in [0.2, 0.25) is 0 Å². The van der Waals surface area contributed by atoms with Crippen LogP contribution in [0.3, 0.4) is 0 Å². The van der Waals surface area contributed by atoms with Gasteiger partial charge in [0.15, 0.2) is 0 Å². The quantitative estimate of drug-likeness (QED) is 0.405. The van der Waals surface area contributed by atoms with Crippen molar-refractivity contribution >= 4 is 40.7 Å². The van der Waals surface area contributed by atoms with Crippen LogP contribution in [0, 0.1) is 0 Å². The number of carbonyl (C=O) groups is 1. The lowest BCUT2D eigenvalue weighted by atomic mass is 10.1. The fourth-order valence-electron chi connectivity index (χ4n) is 3.45. The number of carbonyl (C=O) groups excluding carboxylic acids is 1. The van der Waals surface area contributed by atoms with Crippen LogP contribution < -0.4 is 5.32 Å². The number of hydrogen-bond donors (Lipinski definition) is 1. The first-order valence-corrected chi connectivity index (χ1v) is 12.3. The Bertz CT molecular complexity index is 1090. The Kier molecular flexibility index (Phi) is 8.95. The van der Waals surface area contributed by atoms with Crippen molar-refractivity contribution in [2.24, 2.45) is 4.99 Å². The van der Waals surface area contributed by atoms with E-state index in [1.165, 1.54) is 10.5 Å². The lowest BCUT2D eigenvalue weighted by molar-refractivity contribution is 0.0954. The third-order valence-corrected chi connectivity index (χ3v) is 6.39. The van der Waals surface area contributed by atoms with Gasteiger partial charge in [0.05, 0.1) is 5.69 Å². The standard InChI is InChI=1S/C25H23ClN2OS.C2H6/c1-2-5-21-20-6-3-4-7-23(20)30-24-13-10-18(16-22(24)28-21)25(29)27-15-14-17-8-11-19(26)12-9-17;1-2/h3-4,6-13,16H,2,5,14-15H2,1H3,(H,27,29);1-2H3. The summed E-state index contributed by atoms with van der Waals surface area (Å²) in [5.74, 6) is -0.0780. The van der Waals surface area contributed by atoms with Gasteiger partial charge in [0.25, 0.3) is 5.91 Å². The minimum absolute atomic E-state index is 0.0780. The Hall–Kier alpha value is -2.56. The monoisotopic (exact) mass is 464 g/mol. The molecular formula is C27H29ClN2OS. The number of hydrogen-bond acceptors (Lipinski definition) is 3. The van der Waals surface area contributed by atoms with Crippen LogP contribution in [0.2, 0.25) is 5.02 Å². The number of aliphatic imine (C=N–C) groups is 1. The molecule has 0 aliphatic carbocycles. The summed E-state index contributed by atoms with van der Waals surface area (Å²) in [5.41, 5.74) is 4.92. The van der Waals surface area contributed by atoms with E-state index in [1.54, 1.807) is 11.8 Å². The Labute approximate surface area is 200 Å². The zero-order valence-corrected chi connectivity index (χ0v) is 20.4. The highest BCUT2D eigenvalue weighted by atomic mass is 35.5. The fourth-order valence-corrected chi connectivity index (χ4v) is 4.60. The van der Waals surface area contributed by atoms with Crippen molar-refractivity contribution in [3.05, 3.63) is 88.4 Å². The van der Waals surface area contributed by atoms with E-state index in [-0.39, 0.29) is 5.91 Å². The van der Waals surface area contributed by atoms with Gasteiger partial charge < -0.3 is 5.32 Å². The van der Waals surface area contributed by atoms with Crippen molar-refractivity contribution in [3.63, 3.8) is 0 Å². The molecule has 0 spiro atoms. The zero-order chi connectivity index (χ0) is 22.9. The first kappa shape index (κ1) is 24.1. The molecule has 3 aromatic rings. The SMILES string of the molecule is CC.CCCC1=Nc2cc(C(=O)NCCc3ccc(Cl)cc3)ccc2Sc2ccccc21. The molecule has 1 aliphatic rings. The molecule has 166 valence electrons. The van der Waals surface area contributed by atoms with Gasteiger partial charge in [0.1, 0.15) is 0 Å². The van der Waals surface area contributed by atoms with E-state index in [0.717, 1.165) is 46.1 Å². The number of benzene rings is 3. The van der Waals surface area contributed by atoms with E-state index >= 15 is 0 Å². The van der Waals surface area contributed by atoms with Crippen molar-refractivity contribution in [2.75, 3.05) is 6.54 Å². The average Bonchev–Trinajstić information content (AvgIpc) is 2.98. The summed E-state index contributed by atoms with van der Waals surface area (Å²) in [7, 11) is 0. The second kappa shape index (κ2) is 11.9. The van der Waals surface area contributed by atoms with Crippen molar-refractivity contribution in [2.45, 2.75) is 49.8 Å². The van der Waals surface area contributed by atoms with Gasteiger partial charge in [-0.3, -0.25) is 9.79 Å². The first-order chi connectivity index (χ1) is 15.6. The molecule has 3 nitrogen and oxygen atoms in total. The van der Waals surface area contributed by atoms with Gasteiger partial charge in [-0.1, -0.05) is 80.9 Å². The van der Waals surface area contributed by atoms with Crippen LogP contribution >= 0.6 is 23.4 Å². The molecule has 1 aliphatic heterocycles. The lowest BCUT2D eigenvalue weighted by Gasteiger charge is -2.08. The van der Waals surface area contributed by atoms with Crippen LogP contribution in [0.1, 0.15) is 55.1 Å². The maximum atomic E-state index is 12.7. The van der Waals surface area contributed by atoms with Crippen LogP contribution in [-0.4, -0.2) is 18.2 Å². The van der Waals surface area contributed by atoms with E-state index < -0.39 is 0 Å². The lowest BCUT2D eigenvalue weighted by Crippen LogP contribution is -2.25. The van der Waals surface area contributed by atoms with Crippen molar-refractivity contribution < 1.29 is 4.79 Å². The molecule has 1 heterocycles. The van der Waals surface area contributed by atoms with Crippen LogP contribution in [0.4, 0.5) is 5.69 Å². The molecule has 0 fully saturated rings. The van der Waals surface area contributed by atoms with Crippen LogP contribution in [0.25, 0.3) is 0 Å². The molecule has 1 amide bonds. The van der Waals surface area contributed by atoms with Gasteiger partial charge in [-0.05, 0) is 54.8 Å². The predicted octanol–water partition coefficient (Wildman–Crippen LogP) is 7.72. The minimum atomic E-state index is -0.0780. The molecule has 0 radical (unpaired) electrons. The highest BCUT2D eigenvalue weighted by Crippen LogP contribution is 2.41. The molecule has 0 atom stereocenters. The van der Waals surface area contributed by atoms with Crippen LogP contribution in [-0.2, 0) is 6.42 Å². The number of halogens is 1. The summed E-state index contributed by atoms with van der Waals surface area (Å²) in [6.45, 7) is 6.73. The number of amides is 1. The van der Waals surface area contributed by atoms with E-state index in [4.69, 9.17) is 16.6 Å². The molecule has 32 heavy (non-hydrogen) atoms. The van der Waals surface area contributed by atoms with E-state index in [1.807, 2.05) is 56.3 Å². The Morgan fingerprint density at radius 2 is 1.72 bits per heavy atom. The van der Waals surface area contributed by atoms with Crippen molar-refractivity contribution in [1.29, 1.82) is 0 Å². The molecule has 5 heteroatoms. The second-order valence-corrected chi connectivity index (χ2v) is 8.74. The molecular weight excluding hydrogens is 436 g/mol. The summed E-state index contributed by atoms with van der Waals surface area (Å²) < 4.78 is 0. The van der Waals surface area contributed by atoms with Crippen LogP contribution in [0.15, 0.2) is 81.5 Å². The topological polar surface area (TPSA) is 41.5 Å². The van der Waals surface area contributed by atoms with E-state index in [0.29, 0.717) is 12.1 Å². The summed E-state index contributed by atoms with van der Waals surface area (Å²) in [5, 5.41) is 3.73. The van der Waals surface area contributed by atoms with Gasteiger partial charge in [-0.15, -0.1) is 0 Å². The largest absolute Gasteiger partial charge is 0.352 e. The summed E-state index contributed by atoms with van der Waals surface area (Å²) >= 11 is 7.64. The smallest absolute Gasteiger partial charge is 0.251 e. The van der Waals surface area contributed by atoms with E-state index in [9.17, 15) is 4.79 Å². The van der Waals surface area contributed by atoms with Gasteiger partial charge >= 0.3 is 0 Å². The maximum absolute atomic E-state index is 12.7. The molecule has 0 saturated heterocycles. The number of nitrogens with zero attached hydrogens (tertiary/aromatic N) is 1. The number of fused-ring (bicyclic) bond motifs is 2. The Balaban J connectivity index is 0.00000141. The maximum Gasteiger partial charge on any atom is 0.251 e. The van der Waals surface area contributed by atoms with Gasteiger partial charge in [-0.25, -0.2) is 0 Å². The summed E-state index contributed by atoms with van der Waals surface area (Å²) in [6, 6.07) is 21.9. The first-order valence-electron chi connectivity index (χ1n) is 11.2. The second-order valence-electron chi connectivity index (χ2n) is 7.22. The summed E-state index contributed by atoms with van der Waals surface area (Å²) in [6.07, 6.45) is 2.70. The van der Waals surface area contributed by atoms with Crippen LogP contribution in [0.5, 0.6) is 0 Å². The summed E-state index contributed by atoms with van der Waals surface area (Å²) in [4.78, 5) is 19.9. The highest BCUT2D eigenvalue weighted by molar-refractivity contribution is 7.99. The Morgan fingerprint density at radius 3 is 2.47 bits per heavy atom. The van der Waals surface area contributed by atoms with Crippen molar-refractivity contribution in [3.8, 4) is 0 Å². The van der Waals surface area contributed by atoms with Gasteiger partial charge in [0, 0.05) is 38.2 Å². The van der Waals surface area contributed by atoms with E-state index in [2.05, 4.69) is 36.5 Å². The molecule has 0 unspecified atom stereocenters. The predicted molar refractivity (Wildman–Crippen MR) is 137 cm³/mol. The Morgan fingerprint density at radius 1 is 0.969 bits per heavy atom. The molecule has 0 aromatic heterocycles. The molecule has 1 N–H and O–H groups in total. The highest BCUT2D eigenvalue weighted by Gasteiger charge is 2.18. The zero-order valence-electron chi connectivity index (χ0n) is 18.8. The number of nitrogens with one attached hydrogen (secondary N) is 1. The fraction of sp³-hybridized carbons (Fsp3) is 0.259. The third-order valence-electron chi connectivity index (χ3n) is 4.99. The minimum Gasteiger partial charge on any atom is -0.352 e. The molecule has 0 saturated carbocycles. The van der Waals surface area contributed by atoms with Gasteiger partial charge in [-0.2, -0.15) is 0 Å².